The quantitative estimate of drug-likeness (QED) is 0.921. The molecule has 0 saturated carbocycles. The Balaban J connectivity index is 1.86. The molecular formula is C17H26N2O2. The van der Waals surface area contributed by atoms with Crippen molar-refractivity contribution in [2.24, 2.45) is 0 Å². The Bertz CT molecular complexity index is 484. The van der Waals surface area contributed by atoms with E-state index in [4.69, 9.17) is 9.47 Å². The monoisotopic (exact) mass is 290 g/mol. The van der Waals surface area contributed by atoms with E-state index in [1.807, 2.05) is 0 Å². The molecule has 0 aromatic heterocycles. The summed E-state index contributed by atoms with van der Waals surface area (Å²) in [6.07, 6.45) is 2.24. The van der Waals surface area contributed by atoms with E-state index in [2.05, 4.69) is 29.3 Å². The molecule has 0 amide bonds. The maximum Gasteiger partial charge on any atom is 0.123 e. The van der Waals surface area contributed by atoms with Crippen LogP contribution >= 0.6 is 0 Å². The molecule has 1 unspecified atom stereocenters. The van der Waals surface area contributed by atoms with Gasteiger partial charge in [-0.15, -0.1) is 0 Å². The van der Waals surface area contributed by atoms with Crippen molar-refractivity contribution in [3.8, 4) is 5.75 Å². The highest BCUT2D eigenvalue weighted by molar-refractivity contribution is 5.45. The number of hydrogen-bond acceptors (Lipinski definition) is 4. The molecule has 1 N–H and O–H groups in total. The Morgan fingerprint density at radius 3 is 2.86 bits per heavy atom. The molecule has 0 spiro atoms. The van der Waals surface area contributed by atoms with Gasteiger partial charge in [0, 0.05) is 31.2 Å². The number of nitrogens with zero attached hydrogens (tertiary/aromatic N) is 1. The number of ether oxygens (including phenoxy) is 2. The van der Waals surface area contributed by atoms with Crippen molar-refractivity contribution < 1.29 is 9.47 Å². The molecule has 4 nitrogen and oxygen atoms in total. The van der Waals surface area contributed by atoms with Gasteiger partial charge in [0.2, 0.25) is 0 Å². The third-order valence-corrected chi connectivity index (χ3v) is 4.61. The van der Waals surface area contributed by atoms with Gasteiger partial charge in [0.05, 0.1) is 20.3 Å². The van der Waals surface area contributed by atoms with Gasteiger partial charge in [-0.3, -0.25) is 4.90 Å². The summed E-state index contributed by atoms with van der Waals surface area (Å²) in [6, 6.07) is 5.10. The first-order valence-corrected chi connectivity index (χ1v) is 8.05. The summed E-state index contributed by atoms with van der Waals surface area (Å²) >= 11 is 0. The maximum absolute atomic E-state index is 5.66. The summed E-state index contributed by atoms with van der Waals surface area (Å²) < 4.78 is 11.1. The summed E-state index contributed by atoms with van der Waals surface area (Å²) in [5, 5.41) is 3.59. The molecule has 2 aliphatic rings. The molecule has 0 aliphatic carbocycles. The Hall–Kier alpha value is -1.10. The zero-order chi connectivity index (χ0) is 14.7. The van der Waals surface area contributed by atoms with E-state index < -0.39 is 0 Å². The van der Waals surface area contributed by atoms with Crippen LogP contribution in [-0.4, -0.2) is 44.9 Å². The van der Waals surface area contributed by atoms with Gasteiger partial charge >= 0.3 is 0 Å². The van der Waals surface area contributed by atoms with Crippen LogP contribution in [0.5, 0.6) is 5.75 Å². The maximum atomic E-state index is 5.66. The third-order valence-electron chi connectivity index (χ3n) is 4.61. The third kappa shape index (κ3) is 3.23. The number of rotatable bonds is 4. The first-order chi connectivity index (χ1) is 10.3. The Morgan fingerprint density at radius 1 is 1.33 bits per heavy atom. The van der Waals surface area contributed by atoms with Crippen LogP contribution in [0.4, 0.5) is 0 Å². The van der Waals surface area contributed by atoms with Crippen LogP contribution in [0.2, 0.25) is 0 Å². The lowest BCUT2D eigenvalue weighted by Crippen LogP contribution is -2.36. The number of methoxy groups -OCH3 is 1. The fraction of sp³-hybridized carbons (Fsp3) is 0.647. The molecule has 1 saturated heterocycles. The SMILES string of the molecule is CCC1NCCc2cc(CN3CCOCC3)c(OC)cc21. The molecular weight excluding hydrogens is 264 g/mol. The molecule has 3 rings (SSSR count). The molecule has 1 atom stereocenters. The molecule has 0 bridgehead atoms. The van der Waals surface area contributed by atoms with Crippen LogP contribution in [0.15, 0.2) is 12.1 Å². The van der Waals surface area contributed by atoms with Gasteiger partial charge in [-0.1, -0.05) is 13.0 Å². The van der Waals surface area contributed by atoms with Crippen molar-refractivity contribution in [1.29, 1.82) is 0 Å². The van der Waals surface area contributed by atoms with Crippen LogP contribution in [0.25, 0.3) is 0 Å². The highest BCUT2D eigenvalue weighted by atomic mass is 16.5. The largest absolute Gasteiger partial charge is 0.496 e. The van der Waals surface area contributed by atoms with E-state index in [0.29, 0.717) is 6.04 Å². The van der Waals surface area contributed by atoms with Gasteiger partial charge in [0.25, 0.3) is 0 Å². The van der Waals surface area contributed by atoms with Crippen molar-refractivity contribution in [2.75, 3.05) is 40.0 Å². The lowest BCUT2D eigenvalue weighted by atomic mass is 9.90. The summed E-state index contributed by atoms with van der Waals surface area (Å²) in [4.78, 5) is 2.45. The number of morpholine rings is 1. The van der Waals surface area contributed by atoms with E-state index in [0.717, 1.165) is 58.0 Å². The summed E-state index contributed by atoms with van der Waals surface area (Å²) in [7, 11) is 1.78. The van der Waals surface area contributed by atoms with E-state index in [9.17, 15) is 0 Å². The minimum atomic E-state index is 0.472. The molecule has 2 aliphatic heterocycles. The molecule has 0 radical (unpaired) electrons. The molecule has 4 heteroatoms. The average molecular weight is 290 g/mol. The van der Waals surface area contributed by atoms with Crippen molar-refractivity contribution in [2.45, 2.75) is 32.4 Å². The fourth-order valence-corrected chi connectivity index (χ4v) is 3.40. The normalized spacial score (nSPS) is 22.9. The lowest BCUT2D eigenvalue weighted by molar-refractivity contribution is 0.0338. The second-order valence-corrected chi connectivity index (χ2v) is 5.92. The first-order valence-electron chi connectivity index (χ1n) is 8.05. The van der Waals surface area contributed by atoms with Gasteiger partial charge in [-0.2, -0.15) is 0 Å². The van der Waals surface area contributed by atoms with E-state index in [1.54, 1.807) is 7.11 Å². The highest BCUT2D eigenvalue weighted by Gasteiger charge is 2.22. The summed E-state index contributed by atoms with van der Waals surface area (Å²) in [5.74, 6) is 1.03. The number of hydrogen-bond donors (Lipinski definition) is 1. The number of nitrogens with one attached hydrogen (secondary N) is 1. The van der Waals surface area contributed by atoms with Crippen molar-refractivity contribution in [3.05, 3.63) is 28.8 Å². The molecule has 1 aromatic rings. The summed E-state index contributed by atoms with van der Waals surface area (Å²) in [6.45, 7) is 7.99. The smallest absolute Gasteiger partial charge is 0.123 e. The fourth-order valence-electron chi connectivity index (χ4n) is 3.40. The van der Waals surface area contributed by atoms with Crippen LogP contribution in [0.1, 0.15) is 36.1 Å². The van der Waals surface area contributed by atoms with Crippen molar-refractivity contribution >= 4 is 0 Å². The predicted molar refractivity (Wildman–Crippen MR) is 83.8 cm³/mol. The van der Waals surface area contributed by atoms with Crippen LogP contribution in [-0.2, 0) is 17.7 Å². The standard InChI is InChI=1S/C17H26N2O2/c1-3-16-15-11-17(20-2)14(10-13(15)4-5-18-16)12-19-6-8-21-9-7-19/h10-11,16,18H,3-9,12H2,1-2H3. The predicted octanol–water partition coefficient (Wildman–Crippen LogP) is 2.12. The van der Waals surface area contributed by atoms with Crippen LogP contribution in [0.3, 0.4) is 0 Å². The topological polar surface area (TPSA) is 33.7 Å². The van der Waals surface area contributed by atoms with Gasteiger partial charge in [-0.25, -0.2) is 0 Å². The molecule has 1 fully saturated rings. The Kier molecular flexibility index (Phi) is 4.78. The van der Waals surface area contributed by atoms with Gasteiger partial charge in [-0.05, 0) is 36.6 Å². The Labute approximate surface area is 127 Å². The Morgan fingerprint density at radius 2 is 2.14 bits per heavy atom. The minimum absolute atomic E-state index is 0.472. The molecule has 2 heterocycles. The number of fused-ring (bicyclic) bond motifs is 1. The van der Waals surface area contributed by atoms with E-state index in [-0.39, 0.29) is 0 Å². The van der Waals surface area contributed by atoms with Crippen molar-refractivity contribution in [3.63, 3.8) is 0 Å². The number of benzene rings is 1. The van der Waals surface area contributed by atoms with Crippen LogP contribution in [0, 0.1) is 0 Å². The zero-order valence-electron chi connectivity index (χ0n) is 13.2. The van der Waals surface area contributed by atoms with Crippen molar-refractivity contribution in [1.82, 2.24) is 10.2 Å². The van der Waals surface area contributed by atoms with Gasteiger partial charge in [0.15, 0.2) is 0 Å². The molecule has 1 aromatic carbocycles. The van der Waals surface area contributed by atoms with E-state index >= 15 is 0 Å². The molecule has 21 heavy (non-hydrogen) atoms. The zero-order valence-corrected chi connectivity index (χ0v) is 13.2. The minimum Gasteiger partial charge on any atom is -0.496 e. The molecule has 116 valence electrons. The van der Waals surface area contributed by atoms with Crippen LogP contribution < -0.4 is 10.1 Å². The average Bonchev–Trinajstić information content (AvgIpc) is 2.54. The first kappa shape index (κ1) is 14.8. The van der Waals surface area contributed by atoms with E-state index in [1.165, 1.54) is 16.7 Å². The van der Waals surface area contributed by atoms with Gasteiger partial charge < -0.3 is 14.8 Å². The summed E-state index contributed by atoms with van der Waals surface area (Å²) in [5.41, 5.74) is 4.23. The van der Waals surface area contributed by atoms with Gasteiger partial charge in [0.1, 0.15) is 5.75 Å². The highest BCUT2D eigenvalue weighted by Crippen LogP contribution is 2.32. The lowest BCUT2D eigenvalue weighted by Gasteiger charge is -2.30. The second kappa shape index (κ2) is 6.77. The second-order valence-electron chi connectivity index (χ2n) is 5.92.